The summed E-state index contributed by atoms with van der Waals surface area (Å²) in [7, 11) is 0. The molecule has 0 N–H and O–H groups in total. The number of nitriles is 1. The topological polar surface area (TPSA) is 33.0 Å². The van der Waals surface area contributed by atoms with Crippen molar-refractivity contribution in [3.05, 3.63) is 35.1 Å². The fourth-order valence-electron chi connectivity index (χ4n) is 0.991. The van der Waals surface area contributed by atoms with Crippen LogP contribution in [-0.2, 0) is 11.3 Å². The molecule has 0 saturated heterocycles. The fourth-order valence-corrected chi connectivity index (χ4v) is 0.991. The van der Waals surface area contributed by atoms with Crippen molar-refractivity contribution >= 4 is 0 Å². The Morgan fingerprint density at radius 2 is 2.31 bits per heavy atom. The Labute approximate surface area is 76.6 Å². The van der Waals surface area contributed by atoms with Gasteiger partial charge in [-0.3, -0.25) is 0 Å². The highest BCUT2D eigenvalue weighted by molar-refractivity contribution is 5.37. The van der Waals surface area contributed by atoms with Gasteiger partial charge in [0.05, 0.1) is 18.2 Å². The monoisotopic (exact) mass is 179 g/mol. The summed E-state index contributed by atoms with van der Waals surface area (Å²) in [6.07, 6.45) is 0. The Balaban J connectivity index is 2.88. The first-order chi connectivity index (χ1) is 6.27. The van der Waals surface area contributed by atoms with E-state index in [0.717, 1.165) is 5.56 Å². The van der Waals surface area contributed by atoms with Gasteiger partial charge in [0, 0.05) is 6.61 Å². The maximum atomic E-state index is 12.7. The van der Waals surface area contributed by atoms with Crippen molar-refractivity contribution in [2.24, 2.45) is 0 Å². The molecule has 0 heterocycles. The van der Waals surface area contributed by atoms with Crippen LogP contribution in [0, 0.1) is 17.1 Å². The van der Waals surface area contributed by atoms with Crippen molar-refractivity contribution in [3.63, 3.8) is 0 Å². The lowest BCUT2D eigenvalue weighted by Gasteiger charge is -2.03. The van der Waals surface area contributed by atoms with Gasteiger partial charge < -0.3 is 4.74 Å². The number of benzene rings is 1. The smallest absolute Gasteiger partial charge is 0.124 e. The van der Waals surface area contributed by atoms with Crippen molar-refractivity contribution in [2.45, 2.75) is 13.5 Å². The number of halogens is 1. The first-order valence-corrected chi connectivity index (χ1v) is 4.04. The van der Waals surface area contributed by atoms with Crippen LogP contribution in [0.15, 0.2) is 18.2 Å². The molecule has 0 aliphatic heterocycles. The van der Waals surface area contributed by atoms with Gasteiger partial charge in [-0.2, -0.15) is 5.26 Å². The Morgan fingerprint density at radius 3 is 2.92 bits per heavy atom. The molecule has 2 nitrogen and oxygen atoms in total. The van der Waals surface area contributed by atoms with Gasteiger partial charge in [0.2, 0.25) is 0 Å². The predicted octanol–water partition coefficient (Wildman–Crippen LogP) is 2.23. The zero-order chi connectivity index (χ0) is 9.68. The lowest BCUT2D eigenvalue weighted by atomic mass is 10.1. The lowest BCUT2D eigenvalue weighted by molar-refractivity contribution is 0.134. The molecule has 1 rings (SSSR count). The van der Waals surface area contributed by atoms with E-state index in [9.17, 15) is 4.39 Å². The Hall–Kier alpha value is -1.40. The molecule has 0 amide bonds. The first kappa shape index (κ1) is 9.69. The summed E-state index contributed by atoms with van der Waals surface area (Å²) >= 11 is 0. The average molecular weight is 179 g/mol. The van der Waals surface area contributed by atoms with Crippen LogP contribution in [0.4, 0.5) is 4.39 Å². The number of hydrogen-bond acceptors (Lipinski definition) is 2. The van der Waals surface area contributed by atoms with Crippen LogP contribution in [0.2, 0.25) is 0 Å². The molecule has 0 atom stereocenters. The number of rotatable bonds is 3. The standard InChI is InChI=1S/C10H10FNO/c1-2-13-7-8-3-4-10(11)5-9(8)6-12/h3-5H,2,7H2,1H3. The summed E-state index contributed by atoms with van der Waals surface area (Å²) in [5, 5.41) is 8.67. The molecule has 0 unspecified atom stereocenters. The van der Waals surface area contributed by atoms with Crippen LogP contribution >= 0.6 is 0 Å². The highest BCUT2D eigenvalue weighted by Gasteiger charge is 2.02. The second-order valence-corrected chi connectivity index (χ2v) is 2.55. The second kappa shape index (κ2) is 4.58. The highest BCUT2D eigenvalue weighted by Crippen LogP contribution is 2.11. The van der Waals surface area contributed by atoms with Crippen LogP contribution in [-0.4, -0.2) is 6.61 Å². The highest BCUT2D eigenvalue weighted by atomic mass is 19.1. The zero-order valence-corrected chi connectivity index (χ0v) is 7.38. The van der Waals surface area contributed by atoms with E-state index >= 15 is 0 Å². The number of hydrogen-bond donors (Lipinski definition) is 0. The molecule has 0 fully saturated rings. The third kappa shape index (κ3) is 2.53. The Morgan fingerprint density at radius 1 is 1.54 bits per heavy atom. The summed E-state index contributed by atoms with van der Waals surface area (Å²) in [6.45, 7) is 2.82. The molecule has 0 aliphatic rings. The summed E-state index contributed by atoms with van der Waals surface area (Å²) in [5.41, 5.74) is 1.07. The largest absolute Gasteiger partial charge is 0.377 e. The van der Waals surface area contributed by atoms with E-state index in [1.807, 2.05) is 13.0 Å². The molecule has 0 spiro atoms. The minimum Gasteiger partial charge on any atom is -0.377 e. The molecule has 0 radical (unpaired) electrons. The van der Waals surface area contributed by atoms with Crippen LogP contribution < -0.4 is 0 Å². The van der Waals surface area contributed by atoms with Gasteiger partial charge >= 0.3 is 0 Å². The van der Waals surface area contributed by atoms with Gasteiger partial charge in [-0.1, -0.05) is 6.07 Å². The molecule has 13 heavy (non-hydrogen) atoms. The molecule has 1 aromatic rings. The van der Waals surface area contributed by atoms with E-state index in [0.29, 0.717) is 18.8 Å². The average Bonchev–Trinajstić information content (AvgIpc) is 2.16. The quantitative estimate of drug-likeness (QED) is 0.712. The van der Waals surface area contributed by atoms with E-state index in [-0.39, 0.29) is 0 Å². The molecule has 1 aromatic carbocycles. The van der Waals surface area contributed by atoms with Crippen LogP contribution in [0.3, 0.4) is 0 Å². The van der Waals surface area contributed by atoms with Gasteiger partial charge in [-0.05, 0) is 24.6 Å². The number of nitrogens with zero attached hydrogens (tertiary/aromatic N) is 1. The molecule has 68 valence electrons. The van der Waals surface area contributed by atoms with E-state index in [1.165, 1.54) is 12.1 Å². The van der Waals surface area contributed by atoms with Gasteiger partial charge in [-0.15, -0.1) is 0 Å². The third-order valence-electron chi connectivity index (χ3n) is 1.65. The molecule has 0 bridgehead atoms. The van der Waals surface area contributed by atoms with Gasteiger partial charge in [0.15, 0.2) is 0 Å². The zero-order valence-electron chi connectivity index (χ0n) is 7.38. The van der Waals surface area contributed by atoms with Crippen molar-refractivity contribution in [3.8, 4) is 6.07 Å². The van der Waals surface area contributed by atoms with Crippen LogP contribution in [0.1, 0.15) is 18.1 Å². The molecule has 3 heteroatoms. The summed E-state index contributed by atoms with van der Waals surface area (Å²) in [6, 6.07) is 6.04. The lowest BCUT2D eigenvalue weighted by Crippen LogP contribution is -1.95. The maximum absolute atomic E-state index is 12.7. The van der Waals surface area contributed by atoms with E-state index in [2.05, 4.69) is 0 Å². The summed E-state index contributed by atoms with van der Waals surface area (Å²) in [5.74, 6) is -0.392. The van der Waals surface area contributed by atoms with Gasteiger partial charge in [0.25, 0.3) is 0 Å². The molecular formula is C10H10FNO. The first-order valence-electron chi connectivity index (χ1n) is 4.04. The van der Waals surface area contributed by atoms with Crippen molar-refractivity contribution in [1.82, 2.24) is 0 Å². The summed E-state index contributed by atoms with van der Waals surface area (Å²) < 4.78 is 17.8. The SMILES string of the molecule is CCOCc1ccc(F)cc1C#N. The van der Waals surface area contributed by atoms with Crippen molar-refractivity contribution in [2.75, 3.05) is 6.61 Å². The molecule has 0 aromatic heterocycles. The van der Waals surface area contributed by atoms with Crippen LogP contribution in [0.5, 0.6) is 0 Å². The van der Waals surface area contributed by atoms with E-state index < -0.39 is 5.82 Å². The van der Waals surface area contributed by atoms with Gasteiger partial charge in [-0.25, -0.2) is 4.39 Å². The Bertz CT molecular complexity index is 330. The van der Waals surface area contributed by atoms with E-state index in [1.54, 1.807) is 6.07 Å². The van der Waals surface area contributed by atoms with Gasteiger partial charge in [0.1, 0.15) is 5.82 Å². The second-order valence-electron chi connectivity index (χ2n) is 2.55. The molecule has 0 saturated carbocycles. The van der Waals surface area contributed by atoms with Crippen LogP contribution in [0.25, 0.3) is 0 Å². The molecular weight excluding hydrogens is 169 g/mol. The summed E-state index contributed by atoms with van der Waals surface area (Å²) in [4.78, 5) is 0. The minimum atomic E-state index is -0.392. The number of ether oxygens (including phenoxy) is 1. The third-order valence-corrected chi connectivity index (χ3v) is 1.65. The molecule has 0 aliphatic carbocycles. The maximum Gasteiger partial charge on any atom is 0.124 e. The Kier molecular flexibility index (Phi) is 3.41. The predicted molar refractivity (Wildman–Crippen MR) is 46.4 cm³/mol. The normalized spacial score (nSPS) is 9.62. The van der Waals surface area contributed by atoms with E-state index in [4.69, 9.17) is 10.00 Å². The fraction of sp³-hybridized carbons (Fsp3) is 0.300. The minimum absolute atomic E-state index is 0.341. The van der Waals surface area contributed by atoms with Crippen molar-refractivity contribution in [1.29, 1.82) is 5.26 Å². The van der Waals surface area contributed by atoms with Crippen molar-refractivity contribution < 1.29 is 9.13 Å².